The van der Waals surface area contributed by atoms with Crippen LogP contribution in [0.25, 0.3) is 0 Å². The van der Waals surface area contributed by atoms with Gasteiger partial charge < -0.3 is 14.9 Å². The summed E-state index contributed by atoms with van der Waals surface area (Å²) in [6, 6.07) is 4.30. The van der Waals surface area contributed by atoms with Crippen LogP contribution in [0.4, 0.5) is 0 Å². The Morgan fingerprint density at radius 1 is 0.778 bits per heavy atom. The van der Waals surface area contributed by atoms with E-state index in [1.807, 2.05) is 0 Å². The third kappa shape index (κ3) is 9.45. The van der Waals surface area contributed by atoms with Crippen LogP contribution in [0.5, 0.6) is 5.75 Å². The quantitative estimate of drug-likeness (QED) is 0.336. The molecule has 1 aromatic carbocycles. The van der Waals surface area contributed by atoms with Crippen molar-refractivity contribution in [3.63, 3.8) is 0 Å². The van der Waals surface area contributed by atoms with Gasteiger partial charge in [-0.05, 0) is 18.6 Å². The van der Waals surface area contributed by atoms with Gasteiger partial charge in [-0.3, -0.25) is 0 Å². The Kier molecular flexibility index (Phi) is 12.0. The lowest BCUT2D eigenvalue weighted by atomic mass is 10.1. The zero-order chi connectivity index (χ0) is 19.9. The van der Waals surface area contributed by atoms with Gasteiger partial charge in [-0.25, -0.2) is 9.59 Å². The highest BCUT2D eigenvalue weighted by atomic mass is 16.5. The number of unbranched alkanes of at least 4 members (excludes halogenated alkanes) is 11. The zero-order valence-electron chi connectivity index (χ0n) is 16.5. The second-order valence-electron chi connectivity index (χ2n) is 7.03. The number of benzene rings is 1. The summed E-state index contributed by atoms with van der Waals surface area (Å²) in [5.74, 6) is -2.41. The van der Waals surface area contributed by atoms with Crippen LogP contribution < -0.4 is 4.74 Å². The van der Waals surface area contributed by atoms with Gasteiger partial charge in [-0.2, -0.15) is 0 Å². The molecular weight excluding hydrogens is 344 g/mol. The number of carbonyl (C=O) groups is 2. The Labute approximate surface area is 162 Å². The van der Waals surface area contributed by atoms with E-state index in [2.05, 4.69) is 6.92 Å². The summed E-state index contributed by atoms with van der Waals surface area (Å²) >= 11 is 0. The Bertz CT molecular complexity index is 568. The molecule has 0 aliphatic rings. The van der Waals surface area contributed by atoms with Crippen molar-refractivity contribution in [2.24, 2.45) is 0 Å². The number of aromatic carboxylic acids is 2. The maximum atomic E-state index is 11.3. The summed E-state index contributed by atoms with van der Waals surface area (Å²) in [6.07, 6.45) is 14.9. The molecule has 0 fully saturated rings. The molecule has 0 aromatic heterocycles. The first-order valence-corrected chi connectivity index (χ1v) is 10.3. The van der Waals surface area contributed by atoms with Crippen molar-refractivity contribution in [1.29, 1.82) is 0 Å². The highest BCUT2D eigenvalue weighted by Crippen LogP contribution is 2.23. The second kappa shape index (κ2) is 14.1. The Morgan fingerprint density at radius 3 is 1.78 bits per heavy atom. The fourth-order valence-corrected chi connectivity index (χ4v) is 3.18. The molecule has 0 bridgehead atoms. The van der Waals surface area contributed by atoms with Gasteiger partial charge in [0.2, 0.25) is 0 Å². The summed E-state index contributed by atoms with van der Waals surface area (Å²) in [5.41, 5.74) is -0.515. The third-order valence-electron chi connectivity index (χ3n) is 4.73. The van der Waals surface area contributed by atoms with Crippen LogP contribution in [0.1, 0.15) is 105 Å². The van der Waals surface area contributed by atoms with E-state index in [1.54, 1.807) is 0 Å². The minimum absolute atomic E-state index is 0.130. The average molecular weight is 379 g/mol. The van der Waals surface area contributed by atoms with Gasteiger partial charge in [0.05, 0.1) is 12.2 Å². The number of rotatable bonds is 16. The molecule has 27 heavy (non-hydrogen) atoms. The lowest BCUT2D eigenvalue weighted by Gasteiger charge is -2.11. The molecule has 0 aliphatic carbocycles. The molecule has 5 heteroatoms. The highest BCUT2D eigenvalue weighted by molar-refractivity contribution is 6.03. The summed E-state index contributed by atoms with van der Waals surface area (Å²) in [7, 11) is 0. The maximum Gasteiger partial charge on any atom is 0.340 e. The number of carboxylic acids is 2. The van der Waals surface area contributed by atoms with Crippen LogP contribution in [-0.4, -0.2) is 28.8 Å². The predicted octanol–water partition coefficient (Wildman–Crippen LogP) is 6.16. The van der Waals surface area contributed by atoms with Crippen LogP contribution >= 0.6 is 0 Å². The van der Waals surface area contributed by atoms with Crippen molar-refractivity contribution in [1.82, 2.24) is 0 Å². The van der Waals surface area contributed by atoms with Gasteiger partial charge in [0.1, 0.15) is 11.3 Å². The van der Waals surface area contributed by atoms with E-state index in [4.69, 9.17) is 9.84 Å². The van der Waals surface area contributed by atoms with Crippen molar-refractivity contribution in [3.8, 4) is 5.75 Å². The van der Waals surface area contributed by atoms with E-state index in [-0.39, 0.29) is 16.9 Å². The minimum atomic E-state index is -1.28. The van der Waals surface area contributed by atoms with Crippen molar-refractivity contribution >= 4 is 11.9 Å². The number of hydrogen-bond acceptors (Lipinski definition) is 3. The van der Waals surface area contributed by atoms with Gasteiger partial charge >= 0.3 is 11.9 Å². The molecule has 0 radical (unpaired) electrons. The molecule has 2 N–H and O–H groups in total. The normalized spacial score (nSPS) is 10.7. The second-order valence-corrected chi connectivity index (χ2v) is 7.03. The van der Waals surface area contributed by atoms with E-state index in [1.165, 1.54) is 76.0 Å². The maximum absolute atomic E-state index is 11.3. The fourth-order valence-electron chi connectivity index (χ4n) is 3.18. The van der Waals surface area contributed by atoms with Crippen molar-refractivity contribution in [2.75, 3.05) is 6.61 Å². The molecule has 0 heterocycles. The smallest absolute Gasteiger partial charge is 0.340 e. The lowest BCUT2D eigenvalue weighted by Crippen LogP contribution is -2.11. The van der Waals surface area contributed by atoms with Crippen LogP contribution in [0.2, 0.25) is 0 Å². The first-order chi connectivity index (χ1) is 13.1. The predicted molar refractivity (Wildman–Crippen MR) is 107 cm³/mol. The van der Waals surface area contributed by atoms with Crippen LogP contribution in [0.3, 0.4) is 0 Å². The minimum Gasteiger partial charge on any atom is -0.493 e. The molecular formula is C22H34O5. The number of hydrogen-bond donors (Lipinski definition) is 2. The number of carboxylic acid groups (broad SMARTS) is 2. The van der Waals surface area contributed by atoms with Crippen LogP contribution in [0, 0.1) is 0 Å². The Balaban J connectivity index is 2.15. The molecule has 0 saturated carbocycles. The average Bonchev–Trinajstić information content (AvgIpc) is 2.65. The van der Waals surface area contributed by atoms with Gasteiger partial charge in [-0.15, -0.1) is 0 Å². The lowest BCUT2D eigenvalue weighted by molar-refractivity contribution is 0.0647. The first kappa shape index (κ1) is 23.0. The summed E-state index contributed by atoms with van der Waals surface area (Å²) in [6.45, 7) is 2.64. The first-order valence-electron chi connectivity index (χ1n) is 10.3. The molecule has 0 spiro atoms. The van der Waals surface area contributed by atoms with E-state index in [9.17, 15) is 14.7 Å². The molecule has 0 saturated heterocycles. The largest absolute Gasteiger partial charge is 0.493 e. The Hall–Kier alpha value is -2.04. The fraction of sp³-hybridized carbons (Fsp3) is 0.636. The van der Waals surface area contributed by atoms with E-state index in [0.717, 1.165) is 19.3 Å². The molecule has 1 rings (SSSR count). The topological polar surface area (TPSA) is 83.8 Å². The molecule has 0 unspecified atom stereocenters. The number of ether oxygens (including phenoxy) is 1. The molecule has 0 amide bonds. The molecule has 5 nitrogen and oxygen atoms in total. The summed E-state index contributed by atoms with van der Waals surface area (Å²) in [5, 5.41) is 18.4. The van der Waals surface area contributed by atoms with Gasteiger partial charge in [-0.1, -0.05) is 83.6 Å². The van der Waals surface area contributed by atoms with Crippen LogP contribution in [-0.2, 0) is 0 Å². The standard InChI is InChI=1S/C22H34O5/c1-2-3-4-5-6-7-8-9-10-11-12-13-17-27-19-16-14-15-18(21(23)24)20(19)22(25)26/h14-16H,2-13,17H2,1H3,(H,23,24)(H,25,26). The molecule has 152 valence electrons. The van der Waals surface area contributed by atoms with Gasteiger partial charge in [0.25, 0.3) is 0 Å². The van der Waals surface area contributed by atoms with E-state index in [0.29, 0.717) is 6.61 Å². The molecule has 1 aromatic rings. The molecule has 0 atom stereocenters. The SMILES string of the molecule is CCCCCCCCCCCCCCOc1cccc(C(=O)O)c1C(=O)O. The van der Waals surface area contributed by atoms with Crippen molar-refractivity contribution < 1.29 is 24.5 Å². The summed E-state index contributed by atoms with van der Waals surface area (Å²) < 4.78 is 5.54. The van der Waals surface area contributed by atoms with Crippen molar-refractivity contribution in [3.05, 3.63) is 29.3 Å². The van der Waals surface area contributed by atoms with Gasteiger partial charge in [0.15, 0.2) is 0 Å². The highest BCUT2D eigenvalue weighted by Gasteiger charge is 2.20. The zero-order valence-corrected chi connectivity index (χ0v) is 16.5. The van der Waals surface area contributed by atoms with Crippen LogP contribution in [0.15, 0.2) is 18.2 Å². The van der Waals surface area contributed by atoms with E-state index < -0.39 is 11.9 Å². The Morgan fingerprint density at radius 2 is 1.30 bits per heavy atom. The molecule has 0 aliphatic heterocycles. The van der Waals surface area contributed by atoms with Gasteiger partial charge in [0, 0.05) is 0 Å². The van der Waals surface area contributed by atoms with E-state index >= 15 is 0 Å². The van der Waals surface area contributed by atoms with Crippen molar-refractivity contribution in [2.45, 2.75) is 84.0 Å². The summed E-state index contributed by atoms with van der Waals surface area (Å²) in [4.78, 5) is 22.5. The monoisotopic (exact) mass is 378 g/mol. The third-order valence-corrected chi connectivity index (χ3v) is 4.73.